The topological polar surface area (TPSA) is 18.5 Å². The van der Waals surface area contributed by atoms with Crippen LogP contribution >= 0.6 is 27.5 Å². The molecule has 0 rings (SSSR count). The number of hydrogen-bond acceptors (Lipinski definition) is 2. The summed E-state index contributed by atoms with van der Waals surface area (Å²) >= 11 is 9.20. The van der Waals surface area contributed by atoms with Gasteiger partial charge < -0.3 is 9.47 Å². The first-order valence-electron chi connectivity index (χ1n) is 4.70. The largest absolute Gasteiger partial charge is 0.379 e. The van der Waals surface area contributed by atoms with Gasteiger partial charge in [0.1, 0.15) is 0 Å². The van der Waals surface area contributed by atoms with Crippen molar-refractivity contribution in [1.29, 1.82) is 0 Å². The van der Waals surface area contributed by atoms with Crippen LogP contribution in [0.4, 0.5) is 0 Å². The van der Waals surface area contributed by atoms with Crippen LogP contribution in [0.15, 0.2) is 0 Å². The molecule has 0 aromatic rings. The molecule has 0 N–H and O–H groups in total. The Morgan fingerprint density at radius 3 is 2.21 bits per heavy atom. The van der Waals surface area contributed by atoms with E-state index in [-0.39, 0.29) is 11.2 Å². The van der Waals surface area contributed by atoms with E-state index in [1.807, 2.05) is 20.8 Å². The van der Waals surface area contributed by atoms with Gasteiger partial charge in [-0.1, -0.05) is 15.9 Å². The summed E-state index contributed by atoms with van der Waals surface area (Å²) in [5.41, 5.74) is -0.398. The van der Waals surface area contributed by atoms with Gasteiger partial charge in [0.15, 0.2) is 0 Å². The van der Waals surface area contributed by atoms with E-state index in [9.17, 15) is 0 Å². The zero-order chi connectivity index (χ0) is 11.2. The van der Waals surface area contributed by atoms with Crippen LogP contribution in [-0.2, 0) is 9.47 Å². The van der Waals surface area contributed by atoms with Crippen LogP contribution in [0, 0.1) is 0 Å². The standard InChI is InChI=1S/C10H20BrClO2/c1-9(2,13-4)5-6-14-10(3,7-11)8-12/h5-8H2,1-4H3. The summed E-state index contributed by atoms with van der Waals surface area (Å²) in [5, 5.41) is 0.747. The van der Waals surface area contributed by atoms with Crippen LogP contribution in [0.1, 0.15) is 27.2 Å². The van der Waals surface area contributed by atoms with Gasteiger partial charge >= 0.3 is 0 Å². The van der Waals surface area contributed by atoms with Gasteiger partial charge in [-0.3, -0.25) is 0 Å². The summed E-state index contributed by atoms with van der Waals surface area (Å²) < 4.78 is 11.0. The second kappa shape index (κ2) is 6.31. The Morgan fingerprint density at radius 2 is 1.86 bits per heavy atom. The predicted molar refractivity (Wildman–Crippen MR) is 64.6 cm³/mol. The van der Waals surface area contributed by atoms with E-state index in [4.69, 9.17) is 21.1 Å². The Labute approximate surface area is 100 Å². The molecule has 0 aliphatic heterocycles. The van der Waals surface area contributed by atoms with E-state index >= 15 is 0 Å². The molecule has 0 bridgehead atoms. The molecule has 0 spiro atoms. The molecule has 0 radical (unpaired) electrons. The summed E-state index contributed by atoms with van der Waals surface area (Å²) in [7, 11) is 1.71. The van der Waals surface area contributed by atoms with Crippen molar-refractivity contribution in [1.82, 2.24) is 0 Å². The summed E-state index contributed by atoms with van der Waals surface area (Å²) in [6.45, 7) is 6.75. The maximum atomic E-state index is 5.81. The van der Waals surface area contributed by atoms with Gasteiger partial charge in [-0.05, 0) is 27.2 Å². The Morgan fingerprint density at radius 1 is 1.29 bits per heavy atom. The predicted octanol–water partition coefficient (Wildman–Crippen LogP) is 3.21. The molecule has 14 heavy (non-hydrogen) atoms. The molecule has 0 amide bonds. The molecule has 0 heterocycles. The Bertz CT molecular complexity index is 158. The van der Waals surface area contributed by atoms with Gasteiger partial charge in [0, 0.05) is 12.4 Å². The molecule has 0 aromatic heterocycles. The lowest BCUT2D eigenvalue weighted by atomic mass is 10.1. The van der Waals surface area contributed by atoms with Gasteiger partial charge in [0.2, 0.25) is 0 Å². The zero-order valence-corrected chi connectivity index (χ0v) is 11.7. The molecule has 86 valence electrons. The van der Waals surface area contributed by atoms with E-state index in [1.165, 1.54) is 0 Å². The highest BCUT2D eigenvalue weighted by molar-refractivity contribution is 9.09. The molecule has 0 fully saturated rings. The smallest absolute Gasteiger partial charge is 0.0885 e. The SMILES string of the molecule is COC(C)(C)CCOC(C)(CCl)CBr. The molecule has 0 saturated heterocycles. The van der Waals surface area contributed by atoms with E-state index in [0.717, 1.165) is 11.8 Å². The first-order chi connectivity index (χ1) is 6.39. The molecular weight excluding hydrogens is 267 g/mol. The van der Waals surface area contributed by atoms with Gasteiger partial charge in [0.25, 0.3) is 0 Å². The van der Waals surface area contributed by atoms with Crippen molar-refractivity contribution in [2.45, 2.75) is 38.4 Å². The lowest BCUT2D eigenvalue weighted by molar-refractivity contribution is -0.0463. The molecule has 0 aromatic carbocycles. The first kappa shape index (κ1) is 14.7. The van der Waals surface area contributed by atoms with Crippen LogP contribution in [0.5, 0.6) is 0 Å². The van der Waals surface area contributed by atoms with E-state index in [2.05, 4.69) is 15.9 Å². The van der Waals surface area contributed by atoms with Gasteiger partial charge in [-0.15, -0.1) is 11.6 Å². The second-order valence-electron chi connectivity index (χ2n) is 4.28. The zero-order valence-electron chi connectivity index (χ0n) is 9.40. The number of halogens is 2. The fraction of sp³-hybridized carbons (Fsp3) is 1.00. The molecule has 2 nitrogen and oxygen atoms in total. The van der Waals surface area contributed by atoms with Crippen molar-refractivity contribution in [2.75, 3.05) is 24.9 Å². The van der Waals surface area contributed by atoms with Crippen LogP contribution < -0.4 is 0 Å². The highest BCUT2D eigenvalue weighted by Gasteiger charge is 2.24. The van der Waals surface area contributed by atoms with Crippen molar-refractivity contribution < 1.29 is 9.47 Å². The third kappa shape index (κ3) is 5.54. The molecule has 0 aliphatic rings. The summed E-state index contributed by atoms with van der Waals surface area (Å²) in [4.78, 5) is 0. The van der Waals surface area contributed by atoms with Crippen LogP contribution in [0.2, 0.25) is 0 Å². The monoisotopic (exact) mass is 286 g/mol. The fourth-order valence-electron chi connectivity index (χ4n) is 0.758. The van der Waals surface area contributed by atoms with E-state index < -0.39 is 0 Å². The quantitative estimate of drug-likeness (QED) is 0.670. The molecule has 1 unspecified atom stereocenters. The highest BCUT2D eigenvalue weighted by Crippen LogP contribution is 2.19. The average Bonchev–Trinajstić information content (AvgIpc) is 2.17. The molecule has 0 aliphatic carbocycles. The minimum Gasteiger partial charge on any atom is -0.379 e. The number of rotatable bonds is 7. The Hall–Kier alpha value is 0.690. The normalized spacial score (nSPS) is 16.7. The molecule has 4 heteroatoms. The summed E-state index contributed by atoms with van der Waals surface area (Å²) in [6.07, 6.45) is 0.864. The third-order valence-corrected chi connectivity index (χ3v) is 4.02. The molecule has 0 saturated carbocycles. The highest BCUT2D eigenvalue weighted by atomic mass is 79.9. The van der Waals surface area contributed by atoms with Crippen LogP contribution in [0.25, 0.3) is 0 Å². The average molecular weight is 288 g/mol. The maximum Gasteiger partial charge on any atom is 0.0885 e. The number of hydrogen-bond donors (Lipinski definition) is 0. The molecular formula is C10H20BrClO2. The minimum absolute atomic E-state index is 0.125. The Kier molecular flexibility index (Phi) is 6.62. The maximum absolute atomic E-state index is 5.81. The lowest BCUT2D eigenvalue weighted by Gasteiger charge is -2.28. The lowest BCUT2D eigenvalue weighted by Crippen LogP contribution is -2.35. The van der Waals surface area contributed by atoms with Gasteiger partial charge in [-0.2, -0.15) is 0 Å². The number of methoxy groups -OCH3 is 1. The van der Waals surface area contributed by atoms with Crippen molar-refractivity contribution in [3.8, 4) is 0 Å². The van der Waals surface area contributed by atoms with Crippen molar-refractivity contribution in [3.63, 3.8) is 0 Å². The number of ether oxygens (including phenoxy) is 2. The van der Waals surface area contributed by atoms with E-state index in [0.29, 0.717) is 12.5 Å². The third-order valence-electron chi connectivity index (χ3n) is 2.27. The number of alkyl halides is 2. The van der Waals surface area contributed by atoms with E-state index in [1.54, 1.807) is 7.11 Å². The van der Waals surface area contributed by atoms with Crippen molar-refractivity contribution >= 4 is 27.5 Å². The Balaban J connectivity index is 3.83. The molecule has 1 atom stereocenters. The van der Waals surface area contributed by atoms with Gasteiger partial charge in [-0.25, -0.2) is 0 Å². The van der Waals surface area contributed by atoms with Crippen LogP contribution in [0.3, 0.4) is 0 Å². The van der Waals surface area contributed by atoms with Crippen molar-refractivity contribution in [3.05, 3.63) is 0 Å². The van der Waals surface area contributed by atoms with Gasteiger partial charge in [0.05, 0.1) is 23.7 Å². The second-order valence-corrected chi connectivity index (χ2v) is 5.11. The van der Waals surface area contributed by atoms with Crippen molar-refractivity contribution in [2.24, 2.45) is 0 Å². The fourth-order valence-corrected chi connectivity index (χ4v) is 1.52. The summed E-state index contributed by atoms with van der Waals surface area (Å²) in [6, 6.07) is 0. The first-order valence-corrected chi connectivity index (χ1v) is 6.36. The van der Waals surface area contributed by atoms with Crippen LogP contribution in [-0.4, -0.2) is 36.1 Å². The minimum atomic E-state index is -0.272. The summed E-state index contributed by atoms with van der Waals surface area (Å²) in [5.74, 6) is 0.492.